The number of aliphatic hydroxyl groups excluding tert-OH is 1. The van der Waals surface area contributed by atoms with E-state index in [-0.39, 0.29) is 24.2 Å². The van der Waals surface area contributed by atoms with Crippen molar-refractivity contribution in [2.45, 2.75) is 104 Å². The summed E-state index contributed by atoms with van der Waals surface area (Å²) < 4.78 is 7.83. The second kappa shape index (κ2) is 16.1. The highest BCUT2D eigenvalue weighted by Gasteiger charge is 2.56. The van der Waals surface area contributed by atoms with Crippen LogP contribution in [0, 0.1) is 24.7 Å². The maximum atomic E-state index is 9.02. The van der Waals surface area contributed by atoms with Crippen molar-refractivity contribution in [2.75, 3.05) is 69.7 Å². The van der Waals surface area contributed by atoms with Crippen molar-refractivity contribution in [1.29, 1.82) is 5.41 Å². The molecule has 3 heterocycles. The van der Waals surface area contributed by atoms with Crippen LogP contribution in [0.4, 0.5) is 11.5 Å². The Hall–Kier alpha value is -2.70. The first-order valence-corrected chi connectivity index (χ1v) is 18.4. The molecule has 2 spiro atoms. The Morgan fingerprint density at radius 1 is 1.12 bits per heavy atom. The van der Waals surface area contributed by atoms with Crippen molar-refractivity contribution in [2.24, 2.45) is 5.41 Å². The molecule has 2 saturated carbocycles. The van der Waals surface area contributed by atoms with Gasteiger partial charge in [0.15, 0.2) is 5.82 Å². The molecule has 5 N–H and O–H groups in total. The zero-order valence-electron chi connectivity index (χ0n) is 30.8. The molecule has 0 amide bonds. The summed E-state index contributed by atoms with van der Waals surface area (Å²) in [5, 5.41) is 30.4. The first kappa shape index (κ1) is 39.1. The summed E-state index contributed by atoms with van der Waals surface area (Å²) in [6, 6.07) is 2.25. The molecule has 49 heavy (non-hydrogen) atoms. The van der Waals surface area contributed by atoms with Crippen molar-refractivity contribution < 1.29 is 19.7 Å². The monoisotopic (exact) mass is 701 g/mol. The number of benzene rings is 1. The molecule has 1 aromatic carbocycles. The summed E-state index contributed by atoms with van der Waals surface area (Å²) in [5.41, 5.74) is 12.4. The highest BCUT2D eigenvalue weighted by atomic mass is 35.5. The fourth-order valence-electron chi connectivity index (χ4n) is 8.33. The summed E-state index contributed by atoms with van der Waals surface area (Å²) in [5.74, 6) is 1.01. The molecule has 2 aliphatic carbocycles. The molecule has 274 valence electrons. The highest BCUT2D eigenvalue weighted by Crippen LogP contribution is 2.57. The SMILES string of the molecule is CC.Cc1cc(N)c(C=N)c(-c2c(N3CCN(CCCOCCO)CC34CCC4)nn(C3CC4(C3)CN(C(C)(C)C)C4)c2C)c1Cl.O=CO. The van der Waals surface area contributed by atoms with E-state index in [2.05, 4.69) is 47.1 Å². The Morgan fingerprint density at radius 3 is 2.33 bits per heavy atom. The van der Waals surface area contributed by atoms with E-state index in [9.17, 15) is 0 Å². The number of halogens is 1. The number of nitrogen functional groups attached to an aromatic ring is 1. The molecule has 11 nitrogen and oxygen atoms in total. The first-order chi connectivity index (χ1) is 23.3. The number of nitrogens with one attached hydrogen (secondary N) is 1. The minimum Gasteiger partial charge on any atom is -0.483 e. The predicted octanol–water partition coefficient (Wildman–Crippen LogP) is 6.01. The van der Waals surface area contributed by atoms with Gasteiger partial charge in [0.25, 0.3) is 6.47 Å². The minimum absolute atomic E-state index is 0.0410. The molecule has 1 aromatic heterocycles. The maximum absolute atomic E-state index is 9.02. The van der Waals surface area contributed by atoms with Crippen LogP contribution in [0.25, 0.3) is 11.1 Å². The van der Waals surface area contributed by atoms with Crippen LogP contribution >= 0.6 is 11.6 Å². The van der Waals surface area contributed by atoms with Gasteiger partial charge < -0.3 is 31.0 Å². The van der Waals surface area contributed by atoms with Gasteiger partial charge in [0, 0.05) is 85.7 Å². The Labute approximate surface area is 298 Å². The minimum atomic E-state index is -0.250. The summed E-state index contributed by atoms with van der Waals surface area (Å²) in [6.07, 6.45) is 8.14. The Balaban J connectivity index is 0.00000103. The van der Waals surface area contributed by atoms with Crippen LogP contribution in [0.15, 0.2) is 6.07 Å². The molecule has 2 saturated heterocycles. The number of aryl methyl sites for hydroxylation is 1. The molecule has 4 aliphatic rings. The van der Waals surface area contributed by atoms with Crippen LogP contribution in [0.1, 0.15) is 96.0 Å². The number of carboxylic acid groups (broad SMARTS) is 1. The van der Waals surface area contributed by atoms with Gasteiger partial charge in [0.1, 0.15) is 0 Å². The average Bonchev–Trinajstić information content (AvgIpc) is 3.32. The lowest BCUT2D eigenvalue weighted by atomic mass is 9.59. The number of aliphatic hydroxyl groups is 1. The predicted molar refractivity (Wildman–Crippen MR) is 199 cm³/mol. The molecule has 6 rings (SSSR count). The smallest absolute Gasteiger partial charge is 0.290 e. The van der Waals surface area contributed by atoms with E-state index in [1.54, 1.807) is 0 Å². The average molecular weight is 702 g/mol. The summed E-state index contributed by atoms with van der Waals surface area (Å²) in [7, 11) is 0. The van der Waals surface area contributed by atoms with Gasteiger partial charge in [-0.2, -0.15) is 5.10 Å². The van der Waals surface area contributed by atoms with Crippen molar-refractivity contribution >= 4 is 35.8 Å². The van der Waals surface area contributed by atoms with Crippen LogP contribution in [0.3, 0.4) is 0 Å². The van der Waals surface area contributed by atoms with Crippen LogP contribution in [-0.2, 0) is 9.53 Å². The van der Waals surface area contributed by atoms with Gasteiger partial charge in [-0.3, -0.25) is 19.3 Å². The van der Waals surface area contributed by atoms with Crippen molar-refractivity contribution in [3.8, 4) is 11.1 Å². The van der Waals surface area contributed by atoms with E-state index < -0.39 is 0 Å². The van der Waals surface area contributed by atoms with Gasteiger partial charge >= 0.3 is 0 Å². The van der Waals surface area contributed by atoms with Crippen LogP contribution in [0.5, 0.6) is 0 Å². The molecular formula is C37H60ClN7O4. The maximum Gasteiger partial charge on any atom is 0.290 e. The van der Waals surface area contributed by atoms with Crippen molar-refractivity contribution in [3.05, 3.63) is 27.9 Å². The zero-order valence-corrected chi connectivity index (χ0v) is 31.6. The second-order valence-electron chi connectivity index (χ2n) is 15.1. The second-order valence-corrected chi connectivity index (χ2v) is 15.5. The number of nitrogens with two attached hydrogens (primary N) is 1. The van der Waals surface area contributed by atoms with Gasteiger partial charge in [-0.05, 0) is 90.2 Å². The molecule has 2 aromatic rings. The number of aromatic nitrogens is 2. The number of carbonyl (C=O) groups is 1. The van der Waals surface area contributed by atoms with Gasteiger partial charge in [-0.1, -0.05) is 25.4 Å². The molecule has 12 heteroatoms. The summed E-state index contributed by atoms with van der Waals surface area (Å²) >= 11 is 7.12. The zero-order chi connectivity index (χ0) is 36.1. The van der Waals surface area contributed by atoms with Gasteiger partial charge in [-0.25, -0.2) is 0 Å². The van der Waals surface area contributed by atoms with E-state index in [0.717, 1.165) is 86.5 Å². The van der Waals surface area contributed by atoms with Gasteiger partial charge in [-0.15, -0.1) is 0 Å². The largest absolute Gasteiger partial charge is 0.483 e. The number of ether oxygens (including phenoxy) is 1. The van der Waals surface area contributed by atoms with Crippen LogP contribution < -0.4 is 10.6 Å². The van der Waals surface area contributed by atoms with E-state index in [1.807, 2.05) is 26.8 Å². The van der Waals surface area contributed by atoms with Crippen molar-refractivity contribution in [3.63, 3.8) is 0 Å². The normalized spacial score (nSPS) is 20.0. The molecule has 2 aliphatic heterocycles. The lowest BCUT2D eigenvalue weighted by Crippen LogP contribution is -2.67. The lowest BCUT2D eigenvalue weighted by Gasteiger charge is -2.62. The van der Waals surface area contributed by atoms with E-state index in [1.165, 1.54) is 25.7 Å². The third-order valence-corrected chi connectivity index (χ3v) is 11.5. The Kier molecular flexibility index (Phi) is 12.8. The number of likely N-dealkylation sites (tertiary alicyclic amines) is 1. The molecule has 0 atom stereocenters. The molecule has 4 fully saturated rings. The molecule has 0 unspecified atom stereocenters. The number of hydrogen-bond donors (Lipinski definition) is 4. The van der Waals surface area contributed by atoms with Gasteiger partial charge in [0.2, 0.25) is 0 Å². The Bertz CT molecular complexity index is 1440. The number of rotatable bonds is 10. The van der Waals surface area contributed by atoms with E-state index in [0.29, 0.717) is 40.9 Å². The first-order valence-electron chi connectivity index (χ1n) is 18.0. The lowest BCUT2D eigenvalue weighted by molar-refractivity contribution is -0.127. The number of nitrogens with zero attached hydrogens (tertiary/aromatic N) is 5. The third-order valence-electron chi connectivity index (χ3n) is 11.0. The number of anilines is 2. The standard InChI is InChI=1S/C34H52ClN7O2.C2H6.CH2O2/c1-23-16-27(37)26(19-36)29(30(23)35)28-24(2)42(25-17-33(18-25)20-40(21-33)32(3,4)5)38-31(28)41-12-11-39(10-7-14-44-15-13-43)22-34(41)8-6-9-34;1-2;2-1-3/h16,19,25,36,43H,6-15,17-18,20-22,37H2,1-5H3;1-2H3;1H,(H,2,3). The molecule has 0 bridgehead atoms. The van der Waals surface area contributed by atoms with Gasteiger partial charge in [0.05, 0.1) is 29.8 Å². The van der Waals surface area contributed by atoms with E-state index in [4.69, 9.17) is 47.6 Å². The summed E-state index contributed by atoms with van der Waals surface area (Å²) in [6.45, 7) is 22.2. The number of hydrogen-bond acceptors (Lipinski definition) is 9. The molecule has 0 radical (unpaired) electrons. The van der Waals surface area contributed by atoms with Crippen LogP contribution in [0.2, 0.25) is 5.02 Å². The van der Waals surface area contributed by atoms with E-state index >= 15 is 0 Å². The molecular weight excluding hydrogens is 642 g/mol. The fourth-order valence-corrected chi connectivity index (χ4v) is 8.58. The van der Waals surface area contributed by atoms with Crippen molar-refractivity contribution in [1.82, 2.24) is 19.6 Å². The van der Waals surface area contributed by atoms with Crippen LogP contribution in [-0.4, -0.2) is 113 Å². The fraction of sp³-hybridized carbons (Fsp3) is 0.703. The summed E-state index contributed by atoms with van der Waals surface area (Å²) in [4.78, 5) is 16.1. The quantitative estimate of drug-likeness (QED) is 0.101. The number of piperazine rings is 1. The Morgan fingerprint density at radius 2 is 1.78 bits per heavy atom. The third kappa shape index (κ3) is 7.81. The topological polar surface area (TPSA) is 144 Å². The highest BCUT2D eigenvalue weighted by molar-refractivity contribution is 6.35.